The number of hydrogen-bond acceptors (Lipinski definition) is 32. The van der Waals surface area contributed by atoms with Gasteiger partial charge in [-0.05, 0) is 240 Å². The molecular weight excluding hydrogens is 2000 g/mol. The van der Waals surface area contributed by atoms with E-state index in [0.29, 0.717) is 117 Å². The molecule has 8 aliphatic heterocycles. The van der Waals surface area contributed by atoms with Crippen molar-refractivity contribution >= 4 is 212 Å². The number of para-hydroxylation sites is 4. The summed E-state index contributed by atoms with van der Waals surface area (Å²) in [5, 5.41) is 37.3. The topological polar surface area (TPSA) is 348 Å². The van der Waals surface area contributed by atoms with Crippen LogP contribution in [0, 0.1) is 21.7 Å². The van der Waals surface area contributed by atoms with E-state index in [-0.39, 0.29) is 0 Å². The van der Waals surface area contributed by atoms with Gasteiger partial charge in [0.25, 0.3) is 0 Å². The summed E-state index contributed by atoms with van der Waals surface area (Å²) in [6.45, 7) is 31.7. The lowest BCUT2D eigenvalue weighted by Crippen LogP contribution is -2.58. The van der Waals surface area contributed by atoms with Crippen molar-refractivity contribution in [1.82, 2.24) is 60.3 Å². The molecule has 20 rings (SSSR count). The van der Waals surface area contributed by atoms with Gasteiger partial charge in [0, 0.05) is 171 Å². The molecular formula is C106H132Cl4N24O8P4. The van der Waals surface area contributed by atoms with Crippen LogP contribution in [0.3, 0.4) is 0 Å². The van der Waals surface area contributed by atoms with Crippen LogP contribution in [0.5, 0.6) is 23.0 Å². The second-order valence-corrected chi connectivity index (χ2v) is 55.4. The third-order valence-electron chi connectivity index (χ3n) is 28.7. The quantitative estimate of drug-likeness (QED) is 0.0204. The highest BCUT2D eigenvalue weighted by Gasteiger charge is 2.48. The number of likely N-dealkylation sites (tertiary alicyclic amines) is 2. The molecule has 8 saturated heterocycles. The number of aromatic nitrogens is 8. The monoisotopic (exact) mass is 2130 g/mol. The molecule has 8 aromatic carbocycles. The Bertz CT molecular complexity index is 6900. The molecule has 8 fully saturated rings. The fourth-order valence-corrected chi connectivity index (χ4v) is 26.1. The molecule has 0 amide bonds. The van der Waals surface area contributed by atoms with Crippen LogP contribution in [0.15, 0.2) is 195 Å². The van der Waals surface area contributed by atoms with Crippen LogP contribution in [0.4, 0.5) is 115 Å². The van der Waals surface area contributed by atoms with Gasteiger partial charge in [0.05, 0.1) is 98.7 Å². The largest absolute Gasteiger partial charge is 0.494 e. The molecule has 0 atom stereocenters. The van der Waals surface area contributed by atoms with Gasteiger partial charge in [0.15, 0.2) is 23.3 Å². The Labute approximate surface area is 876 Å². The van der Waals surface area contributed by atoms with E-state index in [1.165, 1.54) is 83.7 Å². The molecule has 0 aliphatic carbocycles. The molecule has 4 spiro atoms. The molecule has 772 valence electrons. The normalized spacial score (nSPS) is 17.2. The van der Waals surface area contributed by atoms with E-state index in [9.17, 15) is 18.3 Å². The molecule has 0 saturated carbocycles. The maximum absolute atomic E-state index is 12.8. The van der Waals surface area contributed by atoms with Crippen LogP contribution in [-0.2, 0) is 18.3 Å². The SMILES string of the molecule is COc1cc(N2CCC3(CC2)CN(C)C3)ccc1Nc1ncc(Cl)c(Nc2ccccc2P(C)(C)=O)n1.COc1cc(N2CCC3(CCNCC3)CC2)ccc1Nc1ncc(Cl)c(Nc2ccccc2P(C)(C)=O)n1.COc1cc(N2CCC3(CN(C)C3)C2)ccc1Nc1ncc(Cl)c(Nc2ccccc2P(C)(C)=O)n1.COc1cc(N2CCC3(CNC3)C2)ccc1Nc1ncc(Cl)c(Nc2ccccc2P(C)(C)=O)n1. The van der Waals surface area contributed by atoms with Gasteiger partial charge in [-0.1, -0.05) is 94.9 Å². The first-order chi connectivity index (χ1) is 69.8. The lowest BCUT2D eigenvalue weighted by Gasteiger charge is -2.53. The number of hydrogen-bond donors (Lipinski definition) is 10. The highest BCUT2D eigenvalue weighted by atomic mass is 35.5. The minimum Gasteiger partial charge on any atom is -0.494 e. The van der Waals surface area contributed by atoms with Crippen molar-refractivity contribution in [2.24, 2.45) is 21.7 Å². The number of methoxy groups -OCH3 is 4. The van der Waals surface area contributed by atoms with E-state index in [2.05, 4.69) is 185 Å². The van der Waals surface area contributed by atoms with Crippen LogP contribution in [0.1, 0.15) is 51.4 Å². The number of halogens is 4. The maximum atomic E-state index is 12.8. The van der Waals surface area contributed by atoms with Crippen LogP contribution >= 0.6 is 75.0 Å². The van der Waals surface area contributed by atoms with Crippen molar-refractivity contribution < 1.29 is 37.2 Å². The second-order valence-electron chi connectivity index (χ2n) is 41.1. The van der Waals surface area contributed by atoms with Crippen molar-refractivity contribution in [1.29, 1.82) is 0 Å². The summed E-state index contributed by atoms with van der Waals surface area (Å²) in [4.78, 5) is 50.3. The van der Waals surface area contributed by atoms with Crippen LogP contribution < -0.4 is 113 Å². The van der Waals surface area contributed by atoms with E-state index >= 15 is 0 Å². The Balaban J connectivity index is 0.000000133. The zero-order chi connectivity index (χ0) is 103. The van der Waals surface area contributed by atoms with E-state index in [1.807, 2.05) is 121 Å². The highest BCUT2D eigenvalue weighted by Crippen LogP contribution is 2.50. The first-order valence-electron chi connectivity index (χ1n) is 49.2. The van der Waals surface area contributed by atoms with Crippen molar-refractivity contribution in [2.45, 2.75) is 51.4 Å². The smallest absolute Gasteiger partial charge is 0.229 e. The number of ether oxygens (including phenoxy) is 4. The van der Waals surface area contributed by atoms with Gasteiger partial charge in [-0.3, -0.25) is 0 Å². The van der Waals surface area contributed by atoms with Gasteiger partial charge in [-0.2, -0.15) is 19.9 Å². The first kappa shape index (κ1) is 106. The number of nitrogens with zero attached hydrogens (tertiary/aromatic N) is 14. The Morgan fingerprint density at radius 1 is 0.295 bits per heavy atom. The summed E-state index contributed by atoms with van der Waals surface area (Å²) in [6, 6.07) is 54.6. The molecule has 12 aromatic rings. The third kappa shape index (κ3) is 25.5. The zero-order valence-corrected chi connectivity index (χ0v) is 91.9. The summed E-state index contributed by atoms with van der Waals surface area (Å²) in [5.41, 5.74) is 12.4. The number of nitrogens with one attached hydrogen (secondary N) is 10. The van der Waals surface area contributed by atoms with Gasteiger partial charge in [0.2, 0.25) is 23.8 Å². The van der Waals surface area contributed by atoms with E-state index < -0.39 is 28.6 Å². The molecule has 0 radical (unpaired) electrons. The molecule has 0 bridgehead atoms. The third-order valence-corrected chi connectivity index (χ3v) is 36.0. The Morgan fingerprint density at radius 3 is 0.815 bits per heavy atom. The summed E-state index contributed by atoms with van der Waals surface area (Å²) >= 11 is 25.6. The maximum Gasteiger partial charge on any atom is 0.229 e. The first-order valence-corrected chi connectivity index (χ1v) is 61.1. The molecule has 32 nitrogen and oxygen atoms in total. The lowest BCUT2D eigenvalue weighted by atomic mass is 9.71. The van der Waals surface area contributed by atoms with Gasteiger partial charge in [0.1, 0.15) is 71.7 Å². The van der Waals surface area contributed by atoms with E-state index in [1.54, 1.807) is 100 Å². The van der Waals surface area contributed by atoms with Crippen molar-refractivity contribution in [3.8, 4) is 23.0 Å². The highest BCUT2D eigenvalue weighted by molar-refractivity contribution is 7.71. The van der Waals surface area contributed by atoms with Gasteiger partial charge >= 0.3 is 0 Å². The number of rotatable bonds is 28. The minimum absolute atomic E-state index is 0.364. The molecule has 12 heterocycles. The van der Waals surface area contributed by atoms with Crippen molar-refractivity contribution in [2.75, 3.05) is 263 Å². The van der Waals surface area contributed by atoms with Crippen molar-refractivity contribution in [3.05, 3.63) is 215 Å². The molecule has 4 aromatic heterocycles. The molecule has 146 heavy (non-hydrogen) atoms. The standard InChI is InChI=1S/C28H36ClN6O2P.C27H34ClN6O2P.C26H32ClN6O2P.C25H30ClN6O2P/c1-37-24-18-20(35-16-12-28(13-17-35)10-14-30-15-11-28)8-9-22(24)33-27-31-19-21(29)26(34-27)32-23-6-4-5-7-25(23)38(2,3)36;1-33-17-27(18-33)11-13-34(14-12-27)19-9-10-21(23(15-19)36-2)31-26-29-16-20(28)25(32-26)30-22-7-5-6-8-24(22)37(3,4)35;1-32-15-26(16-32)11-12-33(17-26)18-9-10-20(22(13-18)35-2)30-25-28-14-19(27)24(31-25)29-21-7-5-6-8-23(21)36(3,4)34;1-34-21-12-17(32-11-10-25(16-32)14-27-15-25)8-9-19(21)30-24-28-13-18(26)23(31-24)29-20-6-4-5-7-22(20)35(2,3)33/h4-9,18-19,30H,10-17H2,1-3H3,(H2,31,32,33,34);5-10,15-16H,11-14,17-18H2,1-4H3,(H2,29,30,31,32);5-10,13-14H,11-12,15-17H2,1-4H3,(H2,28,29,30,31);4-9,12-13,27H,10-11,14-16H2,1-3H3,(H2,28,29,30,31). The van der Waals surface area contributed by atoms with Gasteiger partial charge in [-0.25, -0.2) is 19.9 Å². The summed E-state index contributed by atoms with van der Waals surface area (Å²) in [7, 11) is 1.05. The Morgan fingerprint density at radius 2 is 0.548 bits per heavy atom. The summed E-state index contributed by atoms with van der Waals surface area (Å²) in [5.74, 6) is 6.09. The second kappa shape index (κ2) is 45.1. The van der Waals surface area contributed by atoms with Gasteiger partial charge in [-0.15, -0.1) is 0 Å². The van der Waals surface area contributed by atoms with E-state index in [4.69, 9.17) is 65.4 Å². The lowest BCUT2D eigenvalue weighted by molar-refractivity contribution is 0.00131. The average molecular weight is 2140 g/mol. The average Bonchev–Trinajstić information content (AvgIpc) is 1.73. The fourth-order valence-electron chi connectivity index (χ4n) is 21.0. The predicted octanol–water partition coefficient (Wildman–Crippen LogP) is 20.9. The van der Waals surface area contributed by atoms with Crippen molar-refractivity contribution in [3.63, 3.8) is 0 Å². The molecule has 10 N–H and O–H groups in total. The minimum atomic E-state index is -2.50. The predicted molar refractivity (Wildman–Crippen MR) is 605 cm³/mol. The Hall–Kier alpha value is -11.2. The van der Waals surface area contributed by atoms with E-state index in [0.717, 1.165) is 163 Å². The van der Waals surface area contributed by atoms with Crippen LogP contribution in [0.2, 0.25) is 20.1 Å². The molecule has 8 aliphatic rings. The molecule has 0 unspecified atom stereocenters. The summed E-state index contributed by atoms with van der Waals surface area (Å²) in [6.07, 6.45) is 16.1. The zero-order valence-electron chi connectivity index (χ0n) is 85.3. The molecule has 40 heteroatoms. The summed E-state index contributed by atoms with van der Waals surface area (Å²) < 4.78 is 73.8. The Kier molecular flexibility index (Phi) is 32.8. The fraction of sp³-hybridized carbons (Fsp3) is 0.396. The van der Waals surface area contributed by atoms with Crippen LogP contribution in [0.25, 0.3) is 0 Å². The number of anilines is 20. The van der Waals surface area contributed by atoms with Gasteiger partial charge < -0.3 is 120 Å². The number of piperidine rings is 3. The van der Waals surface area contributed by atoms with Crippen LogP contribution in [-0.4, -0.2) is 250 Å². The number of benzene rings is 8.